The molecule has 0 saturated carbocycles. The summed E-state index contributed by atoms with van der Waals surface area (Å²) in [4.78, 5) is 14.3. The summed E-state index contributed by atoms with van der Waals surface area (Å²) in [6.45, 7) is 13.3. The van der Waals surface area contributed by atoms with Crippen molar-refractivity contribution in [2.75, 3.05) is 0 Å². The average molecular weight is 496 g/mol. The standard InChI is InChI=1S/C28H34BN6P/c1-7-8-9-23(19(4)18(2)3)25-30-14-22-15-31-35(27(22)33-25)16-20-10-12-21(13-11-20)26-32-24(17-34(26)6)28(5,29)36/h9-15,17-18H,4,7-8,16,36H2,1-3,5-6H3/b23-9+. The van der Waals surface area contributed by atoms with Gasteiger partial charge >= 0.3 is 0 Å². The number of hydrogen-bond acceptors (Lipinski definition) is 4. The number of aromatic nitrogens is 6. The van der Waals surface area contributed by atoms with Gasteiger partial charge in [-0.1, -0.05) is 71.0 Å². The van der Waals surface area contributed by atoms with Gasteiger partial charge in [0.1, 0.15) is 5.82 Å². The molecule has 8 heteroatoms. The molecule has 1 aromatic carbocycles. The first kappa shape index (κ1) is 26.0. The maximum Gasteiger partial charge on any atom is 0.162 e. The molecule has 3 heterocycles. The molecule has 0 saturated heterocycles. The van der Waals surface area contributed by atoms with Crippen molar-refractivity contribution >= 4 is 33.7 Å². The van der Waals surface area contributed by atoms with Crippen LogP contribution in [0.15, 0.2) is 61.1 Å². The minimum absolute atomic E-state index is 0.320. The highest BCUT2D eigenvalue weighted by Gasteiger charge is 2.19. The summed E-state index contributed by atoms with van der Waals surface area (Å²) < 4.78 is 3.94. The molecular formula is C28H34BN6P. The Morgan fingerprint density at radius 2 is 1.92 bits per heavy atom. The summed E-state index contributed by atoms with van der Waals surface area (Å²) in [5, 5.41) is 4.95. The van der Waals surface area contributed by atoms with Crippen molar-refractivity contribution in [3.05, 3.63) is 78.2 Å². The molecule has 0 spiro atoms. The first-order chi connectivity index (χ1) is 17.1. The molecule has 2 radical (unpaired) electrons. The number of nitrogens with zero attached hydrogens (tertiary/aromatic N) is 6. The van der Waals surface area contributed by atoms with Crippen LogP contribution in [-0.4, -0.2) is 37.1 Å². The van der Waals surface area contributed by atoms with Crippen LogP contribution in [0.5, 0.6) is 0 Å². The smallest absolute Gasteiger partial charge is 0.162 e. The van der Waals surface area contributed by atoms with Crippen LogP contribution in [0.2, 0.25) is 0 Å². The van der Waals surface area contributed by atoms with Crippen LogP contribution in [0.4, 0.5) is 0 Å². The first-order valence-electron chi connectivity index (χ1n) is 12.4. The average Bonchev–Trinajstić information content (AvgIpc) is 3.43. The summed E-state index contributed by atoms with van der Waals surface area (Å²) in [6.07, 6.45) is 9.88. The molecule has 0 N–H and O–H groups in total. The lowest BCUT2D eigenvalue weighted by atomic mass is 9.85. The molecule has 4 aromatic rings. The number of rotatable bonds is 9. The van der Waals surface area contributed by atoms with Gasteiger partial charge in [0.15, 0.2) is 11.5 Å². The van der Waals surface area contributed by atoms with E-state index >= 15 is 0 Å². The fourth-order valence-electron chi connectivity index (χ4n) is 4.00. The van der Waals surface area contributed by atoms with Crippen LogP contribution < -0.4 is 0 Å². The number of aryl methyl sites for hydroxylation is 1. The van der Waals surface area contributed by atoms with E-state index in [4.69, 9.17) is 17.8 Å². The van der Waals surface area contributed by atoms with Crippen LogP contribution in [0, 0.1) is 5.92 Å². The van der Waals surface area contributed by atoms with Crippen LogP contribution >= 0.6 is 9.24 Å². The zero-order chi connectivity index (χ0) is 26.0. The van der Waals surface area contributed by atoms with Crippen LogP contribution in [0.25, 0.3) is 28.0 Å². The number of allylic oxidation sites excluding steroid dienone is 3. The summed E-state index contributed by atoms with van der Waals surface area (Å²) >= 11 is 0. The van der Waals surface area contributed by atoms with E-state index < -0.39 is 5.06 Å². The fourth-order valence-corrected chi connectivity index (χ4v) is 4.14. The van der Waals surface area contributed by atoms with Gasteiger partial charge < -0.3 is 4.57 Å². The van der Waals surface area contributed by atoms with Gasteiger partial charge in [0, 0.05) is 30.6 Å². The number of benzene rings is 1. The Hall–Kier alpha value is -3.05. The molecule has 4 rings (SSSR count). The SMILES string of the molecule is [B]C(C)(P)c1cn(C)c(-c2ccc(Cn3ncc4cnc(/C(=C/CCC)C(=C)C(C)C)nc43)cc2)n1. The maximum absolute atomic E-state index is 6.21. The lowest BCUT2D eigenvalue weighted by molar-refractivity contribution is 0.703. The highest BCUT2D eigenvalue weighted by Crippen LogP contribution is 2.29. The number of fused-ring (bicyclic) bond motifs is 1. The van der Waals surface area contributed by atoms with Gasteiger partial charge in [-0.05, 0) is 28.5 Å². The molecule has 6 nitrogen and oxygen atoms in total. The van der Waals surface area contributed by atoms with E-state index in [9.17, 15) is 0 Å². The molecule has 0 amide bonds. The Bertz CT molecular complexity index is 1410. The van der Waals surface area contributed by atoms with Crippen molar-refractivity contribution in [2.24, 2.45) is 13.0 Å². The third-order valence-corrected chi connectivity index (χ3v) is 6.57. The van der Waals surface area contributed by atoms with Crippen molar-refractivity contribution in [1.82, 2.24) is 29.3 Å². The van der Waals surface area contributed by atoms with Crippen LogP contribution in [-0.2, 0) is 18.6 Å². The van der Waals surface area contributed by atoms with Gasteiger partial charge in [0.05, 0.1) is 31.7 Å². The normalized spacial score (nSPS) is 13.9. The highest BCUT2D eigenvalue weighted by atomic mass is 31.0. The Morgan fingerprint density at radius 1 is 1.19 bits per heavy atom. The molecule has 0 fully saturated rings. The van der Waals surface area contributed by atoms with Crippen molar-refractivity contribution in [3.8, 4) is 11.4 Å². The Balaban J connectivity index is 1.62. The lowest BCUT2D eigenvalue weighted by Crippen LogP contribution is -2.12. The zero-order valence-corrected chi connectivity index (χ0v) is 23.0. The molecule has 3 aromatic heterocycles. The molecule has 0 bridgehead atoms. The van der Waals surface area contributed by atoms with Crippen LogP contribution in [0.3, 0.4) is 0 Å². The molecule has 2 atom stereocenters. The molecule has 0 aliphatic heterocycles. The second kappa shape index (κ2) is 10.5. The number of hydrogen-bond donors (Lipinski definition) is 0. The number of imidazole rings is 1. The van der Waals surface area contributed by atoms with Gasteiger partial charge in [0.2, 0.25) is 0 Å². The zero-order valence-electron chi connectivity index (χ0n) is 21.9. The number of unbranched alkanes of at least 4 members (excludes halogenated alkanes) is 1. The molecule has 184 valence electrons. The highest BCUT2D eigenvalue weighted by molar-refractivity contribution is 7.21. The third-order valence-electron chi connectivity index (χ3n) is 6.27. The quantitative estimate of drug-likeness (QED) is 0.165. The van der Waals surface area contributed by atoms with Gasteiger partial charge in [0.25, 0.3) is 0 Å². The van der Waals surface area contributed by atoms with E-state index in [0.717, 1.165) is 57.7 Å². The van der Waals surface area contributed by atoms with Gasteiger partial charge in [-0.2, -0.15) is 5.10 Å². The van der Waals surface area contributed by atoms with E-state index in [-0.39, 0.29) is 0 Å². The molecule has 36 heavy (non-hydrogen) atoms. The monoisotopic (exact) mass is 496 g/mol. The first-order valence-corrected chi connectivity index (χ1v) is 12.9. The van der Waals surface area contributed by atoms with E-state index in [0.29, 0.717) is 18.3 Å². The lowest BCUT2D eigenvalue weighted by Gasteiger charge is -2.14. The van der Waals surface area contributed by atoms with Crippen molar-refractivity contribution < 1.29 is 0 Å². The largest absolute Gasteiger partial charge is 0.334 e. The molecule has 0 aliphatic carbocycles. The van der Waals surface area contributed by atoms with E-state index in [1.165, 1.54) is 0 Å². The molecule has 2 unspecified atom stereocenters. The maximum atomic E-state index is 6.21. The minimum atomic E-state index is -0.565. The van der Waals surface area contributed by atoms with Crippen molar-refractivity contribution in [1.29, 1.82) is 0 Å². The summed E-state index contributed by atoms with van der Waals surface area (Å²) in [5.41, 5.74) is 5.90. The van der Waals surface area contributed by atoms with Crippen molar-refractivity contribution in [2.45, 2.75) is 52.1 Å². The van der Waals surface area contributed by atoms with E-state index in [2.05, 4.69) is 77.0 Å². The van der Waals surface area contributed by atoms with Crippen LogP contribution in [0.1, 0.15) is 57.6 Å². The minimum Gasteiger partial charge on any atom is -0.334 e. The fraction of sp³-hybridized carbons (Fsp3) is 0.357. The Kier molecular flexibility index (Phi) is 7.61. The van der Waals surface area contributed by atoms with E-state index in [1.54, 1.807) is 0 Å². The summed E-state index contributed by atoms with van der Waals surface area (Å²) in [6, 6.07) is 8.38. The summed E-state index contributed by atoms with van der Waals surface area (Å²) in [5.74, 6) is 1.91. The topological polar surface area (TPSA) is 61.4 Å². The predicted octanol–water partition coefficient (Wildman–Crippen LogP) is 5.89. The summed E-state index contributed by atoms with van der Waals surface area (Å²) in [7, 11) is 10.8. The predicted molar refractivity (Wildman–Crippen MR) is 153 cm³/mol. The second-order valence-corrected chi connectivity index (χ2v) is 11.1. The molecular weight excluding hydrogens is 462 g/mol. The second-order valence-electron chi connectivity index (χ2n) is 9.90. The van der Waals surface area contributed by atoms with E-state index in [1.807, 2.05) is 41.8 Å². The Labute approximate surface area is 217 Å². The molecule has 0 aliphatic rings. The third kappa shape index (κ3) is 5.52. The van der Waals surface area contributed by atoms with Gasteiger partial charge in [-0.3, -0.25) is 0 Å². The van der Waals surface area contributed by atoms with Gasteiger partial charge in [-0.15, -0.1) is 9.24 Å². The van der Waals surface area contributed by atoms with Gasteiger partial charge in [-0.25, -0.2) is 19.6 Å². The Morgan fingerprint density at radius 3 is 2.53 bits per heavy atom. The van der Waals surface area contributed by atoms with Crippen molar-refractivity contribution in [3.63, 3.8) is 0 Å².